The summed E-state index contributed by atoms with van der Waals surface area (Å²) in [4.78, 5) is 16.7. The van der Waals surface area contributed by atoms with Crippen molar-refractivity contribution in [1.82, 2.24) is 0 Å². The summed E-state index contributed by atoms with van der Waals surface area (Å²) in [5.74, 6) is 0. The number of hydrogen-bond acceptors (Lipinski definition) is 4. The average molecular weight is 375 g/mol. The molecule has 0 aliphatic carbocycles. The first-order valence-corrected chi connectivity index (χ1v) is 5.98. The van der Waals surface area contributed by atoms with Crippen LogP contribution in [0.1, 0.15) is 0 Å². The largest absolute Gasteiger partial charge is 0.231 e. The van der Waals surface area contributed by atoms with E-state index in [2.05, 4.69) is 28.7 Å². The topological polar surface area (TPSA) is 81.8 Å². The van der Waals surface area contributed by atoms with E-state index in [9.17, 15) is 0 Å². The van der Waals surface area contributed by atoms with E-state index < -0.39 is 0 Å². The summed E-state index contributed by atoms with van der Waals surface area (Å²) < 4.78 is 1.24. The first-order valence-electron chi connectivity index (χ1n) is 4.52. The van der Waals surface area contributed by atoms with Crippen LogP contribution in [-0.4, -0.2) is 12.2 Å². The predicted octanol–water partition coefficient (Wildman–Crippen LogP) is 3.90. The summed E-state index contributed by atoms with van der Waals surface area (Å²) >= 11 is 8.34. The van der Waals surface area contributed by atoms with Gasteiger partial charge in [0.25, 0.3) is 0 Å². The fraction of sp³-hybridized carbons (Fsp3) is 0. The monoisotopic (exact) mass is 374 g/mol. The lowest BCUT2D eigenvalue weighted by Gasteiger charge is -2.01. The highest BCUT2D eigenvalue weighted by Gasteiger charge is 1.99. The van der Waals surface area contributed by atoms with Crippen LogP contribution in [0.4, 0.5) is 0 Å². The predicted molar refractivity (Wildman–Crippen MR) is 78.5 cm³/mol. The maximum atomic E-state index is 8.35. The molecular formula is C12H8ClIN2O2. The molecule has 0 aliphatic heterocycles. The Hall–Kier alpha value is -1.52. The molecule has 0 saturated heterocycles. The van der Waals surface area contributed by atoms with E-state index >= 15 is 0 Å². The van der Waals surface area contributed by atoms with E-state index in [-0.39, 0.29) is 0 Å². The molecule has 0 saturated carbocycles. The normalized spacial score (nSPS) is 7.89. The number of isocyanates is 2. The highest BCUT2D eigenvalue weighted by molar-refractivity contribution is 14.1. The summed E-state index contributed by atoms with van der Waals surface area (Å²) in [6.45, 7) is 0. The number of benzene rings is 2. The van der Waals surface area contributed by atoms with Gasteiger partial charge in [0.05, 0.1) is 0 Å². The van der Waals surface area contributed by atoms with Crippen molar-refractivity contribution in [1.29, 1.82) is 10.8 Å². The van der Waals surface area contributed by atoms with E-state index in [1.807, 2.05) is 30.3 Å². The zero-order chi connectivity index (χ0) is 14.0. The quantitative estimate of drug-likeness (QED) is 0.416. The fourth-order valence-corrected chi connectivity index (χ4v) is 2.10. The van der Waals surface area contributed by atoms with Crippen molar-refractivity contribution in [2.24, 2.45) is 0 Å². The summed E-state index contributed by atoms with van der Waals surface area (Å²) in [6.07, 6.45) is 1.50. The number of carbonyl (C=O) groups excluding carboxylic acids is 2. The van der Waals surface area contributed by atoms with Gasteiger partial charge in [-0.3, -0.25) is 0 Å². The van der Waals surface area contributed by atoms with Crippen LogP contribution in [0.5, 0.6) is 0 Å². The van der Waals surface area contributed by atoms with Crippen molar-refractivity contribution < 1.29 is 9.59 Å². The van der Waals surface area contributed by atoms with Crippen molar-refractivity contribution in [2.75, 3.05) is 0 Å². The Bertz CT molecular complexity index is 537. The Kier molecular flexibility index (Phi) is 8.70. The van der Waals surface area contributed by atoms with Gasteiger partial charge >= 0.3 is 0 Å². The van der Waals surface area contributed by atoms with Gasteiger partial charge in [0.15, 0.2) is 0 Å². The molecule has 18 heavy (non-hydrogen) atoms. The van der Waals surface area contributed by atoms with Crippen LogP contribution in [0.15, 0.2) is 36.4 Å². The molecule has 0 fully saturated rings. The molecule has 2 rings (SSSR count). The Morgan fingerprint density at radius 1 is 0.944 bits per heavy atom. The van der Waals surface area contributed by atoms with E-state index in [1.54, 1.807) is 0 Å². The first-order chi connectivity index (χ1) is 8.62. The van der Waals surface area contributed by atoms with E-state index in [0.29, 0.717) is 0 Å². The van der Waals surface area contributed by atoms with Gasteiger partial charge in [0.1, 0.15) is 0 Å². The molecule has 0 aliphatic rings. The van der Waals surface area contributed by atoms with Crippen molar-refractivity contribution in [3.8, 4) is 0 Å². The van der Waals surface area contributed by atoms with Gasteiger partial charge in [-0.25, -0.2) is 20.4 Å². The summed E-state index contributed by atoms with van der Waals surface area (Å²) in [5.41, 5.74) is 0. The Balaban J connectivity index is 0.000000414. The smallest absolute Gasteiger partial charge is 0.222 e. The second-order valence-electron chi connectivity index (χ2n) is 2.78. The van der Waals surface area contributed by atoms with Crippen LogP contribution < -0.4 is 0 Å². The highest BCUT2D eigenvalue weighted by Crippen LogP contribution is 2.26. The Morgan fingerprint density at radius 2 is 1.39 bits per heavy atom. The third-order valence-corrected chi connectivity index (χ3v) is 3.09. The molecule has 0 radical (unpaired) electrons. The maximum Gasteiger partial charge on any atom is 0.231 e. The molecule has 0 bridgehead atoms. The minimum atomic E-state index is 0.750. The van der Waals surface area contributed by atoms with Crippen molar-refractivity contribution in [3.05, 3.63) is 45.0 Å². The summed E-state index contributed by atoms with van der Waals surface area (Å²) in [6, 6.07) is 12.1. The number of halogens is 2. The van der Waals surface area contributed by atoms with Gasteiger partial charge in [-0.05, 0) is 40.1 Å². The van der Waals surface area contributed by atoms with Crippen LogP contribution in [0.3, 0.4) is 0 Å². The van der Waals surface area contributed by atoms with Crippen LogP contribution in [-0.2, 0) is 9.59 Å². The van der Waals surface area contributed by atoms with Crippen LogP contribution >= 0.6 is 34.2 Å². The second-order valence-corrected chi connectivity index (χ2v) is 4.35. The van der Waals surface area contributed by atoms with Crippen molar-refractivity contribution in [3.63, 3.8) is 0 Å². The van der Waals surface area contributed by atoms with Gasteiger partial charge < -0.3 is 0 Å². The molecule has 92 valence electrons. The minimum absolute atomic E-state index is 0.750. The van der Waals surface area contributed by atoms with Crippen molar-refractivity contribution in [2.45, 2.75) is 0 Å². The second kappa shape index (κ2) is 9.50. The SMILES string of the molecule is Clc1ccc(I)c2ccccc12.N=C=O.N=C=O. The standard InChI is InChI=1S/C10H6ClI.2CHNO/c11-9-5-6-10(12)8-4-2-1-3-7(8)9;2*2-1-3/h1-6H;2*2H. The third kappa shape index (κ3) is 5.21. The molecule has 4 nitrogen and oxygen atoms in total. The molecular weight excluding hydrogens is 367 g/mol. The summed E-state index contributed by atoms with van der Waals surface area (Å²) in [7, 11) is 0. The number of hydrogen-bond donors (Lipinski definition) is 2. The highest BCUT2D eigenvalue weighted by atomic mass is 127. The van der Waals surface area contributed by atoms with Gasteiger partial charge in [0.2, 0.25) is 12.2 Å². The molecule has 0 unspecified atom stereocenters. The Morgan fingerprint density at radius 3 is 1.83 bits per heavy atom. The van der Waals surface area contributed by atoms with Crippen LogP contribution in [0, 0.1) is 14.4 Å². The van der Waals surface area contributed by atoms with Gasteiger partial charge in [-0.2, -0.15) is 0 Å². The zero-order valence-electron chi connectivity index (χ0n) is 9.04. The maximum absolute atomic E-state index is 8.35. The van der Waals surface area contributed by atoms with Gasteiger partial charge in [0, 0.05) is 14.0 Å². The molecule has 6 heteroatoms. The molecule has 2 aromatic carbocycles. The lowest BCUT2D eigenvalue weighted by Crippen LogP contribution is -1.77. The van der Waals surface area contributed by atoms with Crippen LogP contribution in [0.25, 0.3) is 10.8 Å². The summed E-state index contributed by atoms with van der Waals surface area (Å²) in [5, 5.41) is 14.0. The molecule has 2 N–H and O–H groups in total. The number of rotatable bonds is 0. The molecule has 0 atom stereocenters. The van der Waals surface area contributed by atoms with Gasteiger partial charge in [-0.15, -0.1) is 0 Å². The fourth-order valence-electron chi connectivity index (χ4n) is 1.23. The third-order valence-electron chi connectivity index (χ3n) is 1.82. The van der Waals surface area contributed by atoms with Crippen molar-refractivity contribution >= 4 is 57.1 Å². The lowest BCUT2D eigenvalue weighted by molar-refractivity contribution is 0.562. The molecule has 0 amide bonds. The van der Waals surface area contributed by atoms with Crippen LogP contribution in [0.2, 0.25) is 5.02 Å². The molecule has 0 heterocycles. The van der Waals surface area contributed by atoms with Gasteiger partial charge in [-0.1, -0.05) is 35.9 Å². The Labute approximate surface area is 122 Å². The van der Waals surface area contributed by atoms with E-state index in [1.165, 1.54) is 8.96 Å². The van der Waals surface area contributed by atoms with E-state index in [0.717, 1.165) is 22.6 Å². The molecule has 0 spiro atoms. The van der Waals surface area contributed by atoms with E-state index in [4.69, 9.17) is 32.0 Å². The average Bonchev–Trinajstić information content (AvgIpc) is 2.36. The molecule has 2 aromatic rings. The zero-order valence-corrected chi connectivity index (χ0v) is 11.9. The first kappa shape index (κ1) is 16.5. The number of fused-ring (bicyclic) bond motifs is 1. The minimum Gasteiger partial charge on any atom is -0.222 e. The molecule has 0 aromatic heterocycles. The number of nitrogens with one attached hydrogen (secondary N) is 2. The lowest BCUT2D eigenvalue weighted by atomic mass is 10.1.